The normalized spacial score (nSPS) is 13.1. The van der Waals surface area contributed by atoms with E-state index in [0.717, 1.165) is 6.42 Å². The Morgan fingerprint density at radius 1 is 1.36 bits per heavy atom. The van der Waals surface area contributed by atoms with Crippen LogP contribution in [0.5, 0.6) is 0 Å². The van der Waals surface area contributed by atoms with Crippen LogP contribution in [0.25, 0.3) is 0 Å². The van der Waals surface area contributed by atoms with Crippen LogP contribution in [0.2, 0.25) is 0 Å². The third-order valence-electron chi connectivity index (χ3n) is 1.26. The Hall–Kier alpha value is -0.570. The van der Waals surface area contributed by atoms with Crippen molar-refractivity contribution in [3.05, 3.63) is 0 Å². The van der Waals surface area contributed by atoms with Crippen molar-refractivity contribution in [2.75, 3.05) is 6.61 Å². The molecule has 0 N–H and O–H groups in total. The molecule has 0 heterocycles. The van der Waals surface area contributed by atoms with E-state index in [9.17, 15) is 4.79 Å². The summed E-state index contributed by atoms with van der Waals surface area (Å²) in [4.78, 5) is 9.69. The lowest BCUT2D eigenvalue weighted by Gasteiger charge is -2.10. The lowest BCUT2D eigenvalue weighted by atomic mass is 10.1. The monoisotopic (exact) mass is 159 g/mol. The molecule has 1 atom stereocenters. The van der Waals surface area contributed by atoms with Gasteiger partial charge in [-0.25, -0.2) is 4.79 Å². The molecule has 0 aliphatic carbocycles. The molecule has 0 aromatic heterocycles. The largest absolute Gasteiger partial charge is 0.428 e. The predicted molar refractivity (Wildman–Crippen MR) is 41.6 cm³/mol. The molecule has 0 aromatic rings. The lowest BCUT2D eigenvalue weighted by Crippen LogP contribution is -2.13. The minimum absolute atomic E-state index is 0.466. The van der Waals surface area contributed by atoms with E-state index in [1.54, 1.807) is 6.92 Å². The molecule has 0 saturated heterocycles. The van der Waals surface area contributed by atoms with Gasteiger partial charge in [0.15, 0.2) is 0 Å². The fraction of sp³-hybridized carbons (Fsp3) is 0.875. The van der Waals surface area contributed by atoms with Crippen LogP contribution in [0.3, 0.4) is 0 Å². The van der Waals surface area contributed by atoms with Gasteiger partial charge in [0.1, 0.15) is 0 Å². The summed E-state index contributed by atoms with van der Waals surface area (Å²) in [6, 6.07) is 0. The lowest BCUT2D eigenvalue weighted by molar-refractivity contribution is -0.0783. The highest BCUT2D eigenvalue weighted by Crippen LogP contribution is 2.01. The fourth-order valence-electron chi connectivity index (χ4n) is 0.571. The standard InChI is InChI=1S/C8H15O3/c1-7(2)4-5-10-8(3)11-6-9/h7-8H,4-5H2,1-3H3. The molecule has 11 heavy (non-hydrogen) atoms. The molecule has 0 rings (SSSR count). The van der Waals surface area contributed by atoms with Crippen LogP contribution in [0.1, 0.15) is 27.2 Å². The maximum absolute atomic E-state index is 9.69. The summed E-state index contributed by atoms with van der Waals surface area (Å²) in [5.74, 6) is 0.613. The van der Waals surface area contributed by atoms with Crippen LogP contribution in [-0.2, 0) is 14.3 Å². The fourth-order valence-corrected chi connectivity index (χ4v) is 0.571. The van der Waals surface area contributed by atoms with E-state index in [-0.39, 0.29) is 0 Å². The molecule has 0 amide bonds. The van der Waals surface area contributed by atoms with E-state index in [1.807, 2.05) is 0 Å². The van der Waals surface area contributed by atoms with Crippen molar-refractivity contribution < 1.29 is 14.3 Å². The minimum atomic E-state index is -0.466. The van der Waals surface area contributed by atoms with E-state index < -0.39 is 6.29 Å². The van der Waals surface area contributed by atoms with E-state index in [4.69, 9.17) is 4.74 Å². The van der Waals surface area contributed by atoms with Gasteiger partial charge in [0.05, 0.1) is 6.61 Å². The van der Waals surface area contributed by atoms with E-state index in [0.29, 0.717) is 12.5 Å². The zero-order valence-corrected chi connectivity index (χ0v) is 7.29. The second kappa shape index (κ2) is 6.16. The molecular weight excluding hydrogens is 144 g/mol. The van der Waals surface area contributed by atoms with Crippen LogP contribution < -0.4 is 0 Å². The highest BCUT2D eigenvalue weighted by atomic mass is 16.7. The maximum Gasteiger partial charge on any atom is 0.419 e. The average Bonchev–Trinajstić information content (AvgIpc) is 1.87. The highest BCUT2D eigenvalue weighted by molar-refractivity contribution is 5.38. The Morgan fingerprint density at radius 2 is 2.00 bits per heavy atom. The van der Waals surface area contributed by atoms with Crippen molar-refractivity contribution in [2.24, 2.45) is 5.92 Å². The molecule has 1 unspecified atom stereocenters. The zero-order chi connectivity index (χ0) is 8.69. The molecule has 0 aliphatic rings. The maximum atomic E-state index is 9.69. The van der Waals surface area contributed by atoms with Gasteiger partial charge >= 0.3 is 6.47 Å². The molecule has 65 valence electrons. The quantitative estimate of drug-likeness (QED) is 0.551. The topological polar surface area (TPSA) is 35.5 Å². The van der Waals surface area contributed by atoms with Gasteiger partial charge in [0, 0.05) is 0 Å². The van der Waals surface area contributed by atoms with Gasteiger partial charge in [-0.3, -0.25) is 0 Å². The van der Waals surface area contributed by atoms with Crippen molar-refractivity contribution in [2.45, 2.75) is 33.5 Å². The van der Waals surface area contributed by atoms with Gasteiger partial charge in [-0.2, -0.15) is 0 Å². The van der Waals surface area contributed by atoms with Gasteiger partial charge in [-0.15, -0.1) is 0 Å². The van der Waals surface area contributed by atoms with Crippen LogP contribution in [0.4, 0.5) is 0 Å². The zero-order valence-electron chi connectivity index (χ0n) is 7.29. The predicted octanol–water partition coefficient (Wildman–Crippen LogP) is 1.48. The van der Waals surface area contributed by atoms with Crippen LogP contribution in [-0.4, -0.2) is 19.4 Å². The molecule has 0 bridgehead atoms. The summed E-state index contributed by atoms with van der Waals surface area (Å²) in [7, 11) is 0. The SMILES string of the molecule is CC(C)CCOC(C)O[C]=O. The first-order valence-corrected chi connectivity index (χ1v) is 3.81. The van der Waals surface area contributed by atoms with E-state index in [2.05, 4.69) is 18.6 Å². The smallest absolute Gasteiger partial charge is 0.419 e. The number of carbonyl (C=O) groups excluding carboxylic acids is 1. The summed E-state index contributed by atoms with van der Waals surface area (Å²) in [6.45, 7) is 7.85. The first-order valence-electron chi connectivity index (χ1n) is 3.81. The molecule has 0 aliphatic heterocycles. The van der Waals surface area contributed by atoms with Crippen LogP contribution in [0.15, 0.2) is 0 Å². The molecule has 0 spiro atoms. The molecular formula is C8H15O3. The summed E-state index contributed by atoms with van der Waals surface area (Å²) in [6.07, 6.45) is 0.512. The Morgan fingerprint density at radius 3 is 2.45 bits per heavy atom. The second-order valence-corrected chi connectivity index (χ2v) is 2.82. The van der Waals surface area contributed by atoms with Crippen molar-refractivity contribution in [3.8, 4) is 0 Å². The van der Waals surface area contributed by atoms with Crippen LogP contribution in [0, 0.1) is 5.92 Å². The van der Waals surface area contributed by atoms with Gasteiger partial charge in [-0.1, -0.05) is 13.8 Å². The Labute approximate surface area is 67.7 Å². The van der Waals surface area contributed by atoms with Crippen molar-refractivity contribution >= 4 is 6.47 Å². The minimum Gasteiger partial charge on any atom is -0.428 e. The first kappa shape index (κ1) is 10.4. The molecule has 1 radical (unpaired) electrons. The molecule has 0 fully saturated rings. The Kier molecular flexibility index (Phi) is 5.84. The average molecular weight is 159 g/mol. The van der Waals surface area contributed by atoms with Gasteiger partial charge in [0.25, 0.3) is 0 Å². The van der Waals surface area contributed by atoms with Crippen molar-refractivity contribution in [1.29, 1.82) is 0 Å². The van der Waals surface area contributed by atoms with Gasteiger partial charge in [-0.05, 0) is 19.3 Å². The van der Waals surface area contributed by atoms with Crippen LogP contribution >= 0.6 is 0 Å². The van der Waals surface area contributed by atoms with Crippen molar-refractivity contribution in [3.63, 3.8) is 0 Å². The summed E-state index contributed by atoms with van der Waals surface area (Å²) >= 11 is 0. The third-order valence-corrected chi connectivity index (χ3v) is 1.26. The Balaban J connectivity index is 3.16. The third kappa shape index (κ3) is 7.33. The highest BCUT2D eigenvalue weighted by Gasteiger charge is 2.01. The van der Waals surface area contributed by atoms with Gasteiger partial charge in [0.2, 0.25) is 6.29 Å². The summed E-state index contributed by atoms with van der Waals surface area (Å²) < 4.78 is 9.50. The molecule has 0 aromatic carbocycles. The summed E-state index contributed by atoms with van der Waals surface area (Å²) in [5, 5.41) is 0. The second-order valence-electron chi connectivity index (χ2n) is 2.82. The number of ether oxygens (including phenoxy) is 2. The number of hydrogen-bond donors (Lipinski definition) is 0. The van der Waals surface area contributed by atoms with Gasteiger partial charge < -0.3 is 9.47 Å². The van der Waals surface area contributed by atoms with E-state index >= 15 is 0 Å². The molecule has 0 saturated carbocycles. The van der Waals surface area contributed by atoms with Crippen molar-refractivity contribution in [1.82, 2.24) is 0 Å². The number of hydrogen-bond acceptors (Lipinski definition) is 3. The number of rotatable bonds is 6. The first-order chi connectivity index (χ1) is 5.16. The van der Waals surface area contributed by atoms with E-state index in [1.165, 1.54) is 6.47 Å². The molecule has 3 heteroatoms. The Bertz CT molecular complexity index is 102. The molecule has 3 nitrogen and oxygen atoms in total. The summed E-state index contributed by atoms with van der Waals surface area (Å²) in [5.41, 5.74) is 0.